The van der Waals surface area contributed by atoms with Crippen molar-refractivity contribution < 1.29 is 4.79 Å². The first-order valence-electron chi connectivity index (χ1n) is 9.98. The van der Waals surface area contributed by atoms with Crippen LogP contribution in [0.4, 0.5) is 11.4 Å². The second-order valence-electron chi connectivity index (χ2n) is 7.47. The molecule has 0 aliphatic carbocycles. The van der Waals surface area contributed by atoms with Gasteiger partial charge in [0.2, 0.25) is 5.13 Å². The zero-order valence-corrected chi connectivity index (χ0v) is 17.2. The molecule has 1 saturated heterocycles. The number of anilines is 2. The molecule has 0 unspecified atom stereocenters. The van der Waals surface area contributed by atoms with Gasteiger partial charge in [-0.05, 0) is 31.0 Å². The van der Waals surface area contributed by atoms with Crippen molar-refractivity contribution in [1.82, 2.24) is 14.8 Å². The van der Waals surface area contributed by atoms with Gasteiger partial charge < -0.3 is 16.0 Å². The number of nitrogens with two attached hydrogens (primary N) is 1. The Balaban J connectivity index is 1.36. The third-order valence-corrected chi connectivity index (χ3v) is 6.12. The lowest BCUT2D eigenvalue weighted by molar-refractivity contribution is 0.102. The quantitative estimate of drug-likeness (QED) is 0.528. The van der Waals surface area contributed by atoms with Crippen LogP contribution in [0.1, 0.15) is 23.3 Å². The Morgan fingerprint density at radius 1 is 1.17 bits per heavy atom. The number of piperidine rings is 1. The molecular weight excluding hydrogens is 396 g/mol. The maximum atomic E-state index is 12.9. The molecule has 1 aliphatic rings. The summed E-state index contributed by atoms with van der Waals surface area (Å²) in [6.07, 6.45) is 4.01. The van der Waals surface area contributed by atoms with E-state index in [9.17, 15) is 4.79 Å². The molecule has 1 aliphatic heterocycles. The third-order valence-electron chi connectivity index (χ3n) is 5.29. The maximum Gasteiger partial charge on any atom is 0.275 e. The van der Waals surface area contributed by atoms with Crippen LogP contribution in [0, 0.1) is 0 Å². The largest absolute Gasteiger partial charge is 0.368 e. The number of rotatable bonds is 4. The zero-order valence-electron chi connectivity index (χ0n) is 16.4. The minimum Gasteiger partial charge on any atom is -0.368 e. The summed E-state index contributed by atoms with van der Waals surface area (Å²) in [5.74, 6) is -0.233. The number of hydrogen-bond donors (Lipinski definition) is 2. The molecule has 0 radical (unpaired) electrons. The van der Waals surface area contributed by atoms with Gasteiger partial charge in [0.1, 0.15) is 5.69 Å². The van der Waals surface area contributed by atoms with Gasteiger partial charge in [-0.3, -0.25) is 4.79 Å². The summed E-state index contributed by atoms with van der Waals surface area (Å²) in [5, 5.41) is 11.0. The van der Waals surface area contributed by atoms with Gasteiger partial charge in [0.25, 0.3) is 5.91 Å². The van der Waals surface area contributed by atoms with E-state index in [1.807, 2.05) is 54.7 Å². The fraction of sp³-hybridized carbons (Fsp3) is 0.227. The van der Waals surface area contributed by atoms with E-state index >= 15 is 0 Å². The van der Waals surface area contributed by atoms with Crippen molar-refractivity contribution in [2.75, 3.05) is 23.3 Å². The standard InChI is InChI=1S/C22H22N6OS/c23-16-7-5-11-27(13-16)20-10-4-3-9-18(20)24-21(29)19-14-30-22(25-19)28-12-15-6-1-2-8-17(15)26-28/h1-4,6,8-10,12,14,16H,5,7,11,13,23H2,(H,24,29)/t16-/m1/s1. The number of hydrogen-bond acceptors (Lipinski definition) is 6. The Labute approximate surface area is 178 Å². The predicted molar refractivity (Wildman–Crippen MR) is 121 cm³/mol. The van der Waals surface area contributed by atoms with Crippen LogP contribution in [0.3, 0.4) is 0 Å². The summed E-state index contributed by atoms with van der Waals surface area (Å²) >= 11 is 1.39. The van der Waals surface area contributed by atoms with Crippen LogP contribution in [0.2, 0.25) is 0 Å². The van der Waals surface area contributed by atoms with E-state index in [4.69, 9.17) is 5.73 Å². The monoisotopic (exact) mass is 418 g/mol. The minimum atomic E-state index is -0.233. The summed E-state index contributed by atoms with van der Waals surface area (Å²) in [4.78, 5) is 19.6. The lowest BCUT2D eigenvalue weighted by Crippen LogP contribution is -2.43. The molecule has 1 amide bonds. The molecule has 3 heterocycles. The highest BCUT2D eigenvalue weighted by atomic mass is 32.1. The summed E-state index contributed by atoms with van der Waals surface area (Å²) in [6, 6.07) is 15.9. The highest BCUT2D eigenvalue weighted by Crippen LogP contribution is 2.29. The van der Waals surface area contributed by atoms with Crippen LogP contribution in [0.5, 0.6) is 0 Å². The second kappa shape index (κ2) is 7.89. The Morgan fingerprint density at radius 3 is 2.87 bits per heavy atom. The van der Waals surface area contributed by atoms with Crippen molar-refractivity contribution in [1.29, 1.82) is 0 Å². The smallest absolute Gasteiger partial charge is 0.275 e. The summed E-state index contributed by atoms with van der Waals surface area (Å²) < 4.78 is 1.72. The number of fused-ring (bicyclic) bond motifs is 1. The molecule has 3 N–H and O–H groups in total. The van der Waals surface area contributed by atoms with E-state index < -0.39 is 0 Å². The number of para-hydroxylation sites is 2. The molecule has 8 heteroatoms. The number of thiazole rings is 1. The van der Waals surface area contributed by atoms with Crippen molar-refractivity contribution in [3.63, 3.8) is 0 Å². The second-order valence-corrected chi connectivity index (χ2v) is 8.30. The normalized spacial score (nSPS) is 16.7. The molecule has 4 aromatic rings. The van der Waals surface area contributed by atoms with E-state index in [2.05, 4.69) is 20.3 Å². The fourth-order valence-corrected chi connectivity index (χ4v) is 4.54. The molecule has 0 saturated carbocycles. The Hall–Kier alpha value is -3.23. The van der Waals surface area contributed by atoms with Gasteiger partial charge in [0.15, 0.2) is 0 Å². The molecule has 7 nitrogen and oxygen atoms in total. The van der Waals surface area contributed by atoms with Gasteiger partial charge in [-0.15, -0.1) is 11.3 Å². The molecule has 1 atom stereocenters. The van der Waals surface area contributed by atoms with Crippen molar-refractivity contribution in [3.05, 3.63) is 65.8 Å². The van der Waals surface area contributed by atoms with Crippen molar-refractivity contribution >= 4 is 39.5 Å². The molecule has 2 aromatic carbocycles. The number of carbonyl (C=O) groups excluding carboxylic acids is 1. The predicted octanol–water partition coefficient (Wildman–Crippen LogP) is 3.66. The van der Waals surface area contributed by atoms with Gasteiger partial charge >= 0.3 is 0 Å². The van der Waals surface area contributed by atoms with Gasteiger partial charge in [0, 0.05) is 36.1 Å². The van der Waals surface area contributed by atoms with Crippen LogP contribution >= 0.6 is 11.3 Å². The molecule has 152 valence electrons. The highest BCUT2D eigenvalue weighted by Gasteiger charge is 2.21. The van der Waals surface area contributed by atoms with Crippen molar-refractivity contribution in [2.45, 2.75) is 18.9 Å². The number of carbonyl (C=O) groups is 1. The van der Waals surface area contributed by atoms with Gasteiger partial charge in [-0.2, -0.15) is 5.10 Å². The van der Waals surface area contributed by atoms with Crippen LogP contribution in [-0.2, 0) is 0 Å². The summed E-state index contributed by atoms with van der Waals surface area (Å²) in [5.41, 5.74) is 9.18. The lowest BCUT2D eigenvalue weighted by atomic mass is 10.1. The van der Waals surface area contributed by atoms with Gasteiger partial charge in [-0.25, -0.2) is 9.67 Å². The van der Waals surface area contributed by atoms with Crippen molar-refractivity contribution in [2.24, 2.45) is 5.73 Å². The number of aromatic nitrogens is 3. The number of nitrogens with one attached hydrogen (secondary N) is 1. The molecule has 5 rings (SSSR count). The van der Waals surface area contributed by atoms with E-state index in [0.717, 1.165) is 48.2 Å². The van der Waals surface area contributed by atoms with Gasteiger partial charge in [0.05, 0.1) is 16.9 Å². The minimum absolute atomic E-state index is 0.160. The molecular formula is C22H22N6OS. The maximum absolute atomic E-state index is 12.9. The first kappa shape index (κ1) is 18.8. The first-order valence-corrected chi connectivity index (χ1v) is 10.9. The molecule has 1 fully saturated rings. The zero-order chi connectivity index (χ0) is 20.5. The third kappa shape index (κ3) is 3.67. The molecule has 2 aromatic heterocycles. The Morgan fingerprint density at radius 2 is 2.00 bits per heavy atom. The average Bonchev–Trinajstić information content (AvgIpc) is 3.41. The number of nitrogens with zero attached hydrogens (tertiary/aromatic N) is 4. The summed E-state index contributed by atoms with van der Waals surface area (Å²) in [7, 11) is 0. The number of benzene rings is 2. The number of amides is 1. The van der Waals surface area contributed by atoms with Crippen LogP contribution in [-0.4, -0.2) is 39.8 Å². The average molecular weight is 419 g/mol. The van der Waals surface area contributed by atoms with Crippen LogP contribution in [0.15, 0.2) is 60.1 Å². The molecule has 30 heavy (non-hydrogen) atoms. The topological polar surface area (TPSA) is 89.1 Å². The lowest BCUT2D eigenvalue weighted by Gasteiger charge is -2.33. The Bertz CT molecular complexity index is 1170. The molecule has 0 spiro atoms. The van der Waals surface area contributed by atoms with E-state index in [1.54, 1.807) is 10.1 Å². The van der Waals surface area contributed by atoms with Crippen LogP contribution < -0.4 is 16.0 Å². The molecule has 0 bridgehead atoms. The van der Waals surface area contributed by atoms with Crippen LogP contribution in [0.25, 0.3) is 16.0 Å². The van der Waals surface area contributed by atoms with E-state index in [-0.39, 0.29) is 11.9 Å². The summed E-state index contributed by atoms with van der Waals surface area (Å²) in [6.45, 7) is 1.73. The van der Waals surface area contributed by atoms with E-state index in [1.165, 1.54) is 11.3 Å². The SMILES string of the molecule is N[C@@H]1CCCN(c2ccccc2NC(=O)c2csc(-n3cc4ccccc4n3)n2)C1. The van der Waals surface area contributed by atoms with Gasteiger partial charge in [-0.1, -0.05) is 30.3 Å². The van der Waals surface area contributed by atoms with E-state index in [0.29, 0.717) is 10.8 Å². The highest BCUT2D eigenvalue weighted by molar-refractivity contribution is 7.12. The Kier molecular flexibility index (Phi) is 4.94. The first-order chi connectivity index (χ1) is 14.7. The fourth-order valence-electron chi connectivity index (χ4n) is 3.81. The van der Waals surface area contributed by atoms with Crippen molar-refractivity contribution in [3.8, 4) is 5.13 Å².